The van der Waals surface area contributed by atoms with Gasteiger partial charge in [-0.3, -0.25) is 19.4 Å². The summed E-state index contributed by atoms with van der Waals surface area (Å²) in [7, 11) is 0. The summed E-state index contributed by atoms with van der Waals surface area (Å²) in [5.74, 6) is -0.00716. The molecule has 30 heavy (non-hydrogen) atoms. The second kappa shape index (κ2) is 13.7. The van der Waals surface area contributed by atoms with Gasteiger partial charge < -0.3 is 20.0 Å². The van der Waals surface area contributed by atoms with E-state index in [2.05, 4.69) is 19.6 Å². The molecular formula is C18H30N4O4S4. The number of aliphatic carboxylic acids is 2. The average Bonchev–Trinajstić information content (AvgIpc) is 2.70. The second-order valence-corrected chi connectivity index (χ2v) is 10.5. The molecule has 0 aromatic rings. The molecule has 0 atom stereocenters. The van der Waals surface area contributed by atoms with Crippen molar-refractivity contribution >= 4 is 68.5 Å². The highest BCUT2D eigenvalue weighted by Gasteiger charge is 2.23. The van der Waals surface area contributed by atoms with Gasteiger partial charge in [0, 0.05) is 26.2 Å². The fourth-order valence-corrected chi connectivity index (χ4v) is 5.50. The molecule has 2 heterocycles. The highest BCUT2D eigenvalue weighted by Crippen LogP contribution is 2.21. The fraction of sp³-hybridized carbons (Fsp3) is 0.778. The topological polar surface area (TPSA) is 87.6 Å². The number of carboxylic acids is 2. The number of carbonyl (C=O) groups is 2. The summed E-state index contributed by atoms with van der Waals surface area (Å²) in [6.45, 7) is 4.33. The molecule has 170 valence electrons. The normalized spacial score (nSPS) is 18.8. The van der Waals surface area contributed by atoms with Gasteiger partial charge in [0.25, 0.3) is 0 Å². The van der Waals surface area contributed by atoms with E-state index in [1.807, 2.05) is 0 Å². The van der Waals surface area contributed by atoms with Gasteiger partial charge in [0.15, 0.2) is 0 Å². The molecule has 2 aliphatic heterocycles. The zero-order valence-corrected chi connectivity index (χ0v) is 20.3. The molecule has 0 bridgehead atoms. The summed E-state index contributed by atoms with van der Waals surface area (Å²) in [6, 6.07) is 0. The number of thioether (sulfide) groups is 2. The minimum absolute atomic E-state index is 0.158. The van der Waals surface area contributed by atoms with Crippen LogP contribution in [0.25, 0.3) is 0 Å². The highest BCUT2D eigenvalue weighted by molar-refractivity contribution is 8.23. The van der Waals surface area contributed by atoms with Crippen LogP contribution in [0.4, 0.5) is 0 Å². The third kappa shape index (κ3) is 9.65. The van der Waals surface area contributed by atoms with E-state index in [9.17, 15) is 9.59 Å². The monoisotopic (exact) mass is 494 g/mol. The molecule has 0 spiro atoms. The van der Waals surface area contributed by atoms with Gasteiger partial charge in [-0.25, -0.2) is 0 Å². The Morgan fingerprint density at radius 3 is 1.50 bits per heavy atom. The van der Waals surface area contributed by atoms with Crippen molar-refractivity contribution in [2.45, 2.75) is 38.5 Å². The highest BCUT2D eigenvalue weighted by atomic mass is 32.2. The Morgan fingerprint density at radius 1 is 0.733 bits per heavy atom. The van der Waals surface area contributed by atoms with Crippen molar-refractivity contribution in [2.75, 3.05) is 51.3 Å². The maximum absolute atomic E-state index is 10.8. The summed E-state index contributed by atoms with van der Waals surface area (Å²) in [4.78, 5) is 30.1. The molecule has 2 aliphatic rings. The Bertz CT molecular complexity index is 573. The first-order valence-corrected chi connectivity index (χ1v) is 12.9. The van der Waals surface area contributed by atoms with E-state index in [0.29, 0.717) is 26.4 Å². The lowest BCUT2D eigenvalue weighted by atomic mass is 10.2. The van der Waals surface area contributed by atoms with Gasteiger partial charge in [-0.05, 0) is 12.8 Å². The van der Waals surface area contributed by atoms with Gasteiger partial charge in [-0.1, -0.05) is 60.8 Å². The smallest absolute Gasteiger partial charge is 0.304 e. The molecule has 8 nitrogen and oxygen atoms in total. The SMILES string of the molecule is O=C(O)CCN1CSC(=S)N(CCCCCCN2CN(CCC(=O)O)CSC2=S)C1. The molecule has 0 aromatic heterocycles. The number of hydrogen-bond donors (Lipinski definition) is 2. The van der Waals surface area contributed by atoms with Gasteiger partial charge in [-0.15, -0.1) is 0 Å². The van der Waals surface area contributed by atoms with E-state index in [-0.39, 0.29) is 12.8 Å². The van der Waals surface area contributed by atoms with Crippen LogP contribution in [0.15, 0.2) is 0 Å². The van der Waals surface area contributed by atoms with Crippen molar-refractivity contribution in [3.63, 3.8) is 0 Å². The third-order valence-corrected chi connectivity index (χ3v) is 8.11. The van der Waals surface area contributed by atoms with Crippen molar-refractivity contribution in [1.82, 2.24) is 19.6 Å². The van der Waals surface area contributed by atoms with Gasteiger partial charge in [-0.2, -0.15) is 0 Å². The minimum atomic E-state index is -0.767. The van der Waals surface area contributed by atoms with Crippen LogP contribution in [0.2, 0.25) is 0 Å². The van der Waals surface area contributed by atoms with E-state index >= 15 is 0 Å². The Labute approximate surface area is 197 Å². The molecule has 0 amide bonds. The van der Waals surface area contributed by atoms with E-state index < -0.39 is 11.9 Å². The molecule has 2 N–H and O–H groups in total. The molecule has 2 fully saturated rings. The molecule has 0 saturated carbocycles. The van der Waals surface area contributed by atoms with Crippen molar-refractivity contribution < 1.29 is 19.8 Å². The number of nitrogens with zero attached hydrogens (tertiary/aromatic N) is 4. The Hall–Kier alpha value is -0.660. The lowest BCUT2D eigenvalue weighted by molar-refractivity contribution is -0.138. The van der Waals surface area contributed by atoms with Crippen molar-refractivity contribution in [2.24, 2.45) is 0 Å². The fourth-order valence-electron chi connectivity index (χ4n) is 3.22. The number of thiocarbonyl (C=S) groups is 2. The lowest BCUT2D eigenvalue weighted by Crippen LogP contribution is -2.45. The standard InChI is InChI=1S/C18H30N4O4S4/c23-15(24)5-9-19-11-21(17(27)29-13-19)7-3-1-2-4-8-22-12-20(10-6-16(25)26)14-30-18(22)28/h1-14H2,(H,23,24)(H,25,26). The first-order chi connectivity index (χ1) is 14.3. The van der Waals surface area contributed by atoms with E-state index in [1.54, 1.807) is 23.5 Å². The first kappa shape index (κ1) is 25.6. The van der Waals surface area contributed by atoms with Crippen molar-refractivity contribution in [3.05, 3.63) is 0 Å². The Balaban J connectivity index is 1.59. The van der Waals surface area contributed by atoms with Crippen LogP contribution >= 0.6 is 48.0 Å². The maximum atomic E-state index is 10.8. The largest absolute Gasteiger partial charge is 0.481 e. The summed E-state index contributed by atoms with van der Waals surface area (Å²) in [5, 5.41) is 17.7. The van der Waals surface area contributed by atoms with Crippen LogP contribution in [0.5, 0.6) is 0 Å². The van der Waals surface area contributed by atoms with E-state index in [4.69, 9.17) is 34.6 Å². The lowest BCUT2D eigenvalue weighted by Gasteiger charge is -2.37. The molecule has 0 unspecified atom stereocenters. The van der Waals surface area contributed by atoms with Crippen LogP contribution in [0.3, 0.4) is 0 Å². The van der Waals surface area contributed by atoms with Gasteiger partial charge >= 0.3 is 11.9 Å². The van der Waals surface area contributed by atoms with Crippen molar-refractivity contribution in [3.8, 4) is 0 Å². The Kier molecular flexibility index (Phi) is 11.7. The van der Waals surface area contributed by atoms with Gasteiger partial charge in [0.05, 0.1) is 37.9 Å². The van der Waals surface area contributed by atoms with Crippen LogP contribution in [-0.2, 0) is 9.59 Å². The zero-order valence-electron chi connectivity index (χ0n) is 17.0. The van der Waals surface area contributed by atoms with E-state index in [1.165, 1.54) is 0 Å². The summed E-state index contributed by atoms with van der Waals surface area (Å²) >= 11 is 14.1. The van der Waals surface area contributed by atoms with Crippen LogP contribution in [0.1, 0.15) is 38.5 Å². The van der Waals surface area contributed by atoms with Crippen LogP contribution < -0.4 is 0 Å². The predicted octanol–water partition coefficient (Wildman–Crippen LogP) is 2.60. The number of rotatable bonds is 13. The van der Waals surface area contributed by atoms with Crippen molar-refractivity contribution in [1.29, 1.82) is 0 Å². The van der Waals surface area contributed by atoms with Crippen LogP contribution in [0, 0.1) is 0 Å². The summed E-state index contributed by atoms with van der Waals surface area (Å²) < 4.78 is 1.80. The zero-order chi connectivity index (χ0) is 21.9. The molecule has 12 heteroatoms. The molecule has 0 aromatic carbocycles. The predicted molar refractivity (Wildman–Crippen MR) is 130 cm³/mol. The quantitative estimate of drug-likeness (QED) is 0.291. The van der Waals surface area contributed by atoms with Gasteiger partial charge in [0.2, 0.25) is 0 Å². The minimum Gasteiger partial charge on any atom is -0.481 e. The second-order valence-electron chi connectivity index (χ2n) is 7.38. The van der Waals surface area contributed by atoms with Crippen LogP contribution in [-0.4, -0.2) is 102 Å². The molecule has 2 rings (SSSR count). The first-order valence-electron chi connectivity index (χ1n) is 10.1. The molecule has 2 saturated heterocycles. The Morgan fingerprint density at radius 2 is 1.13 bits per heavy atom. The van der Waals surface area contributed by atoms with E-state index in [0.717, 1.165) is 59.2 Å². The summed E-state index contributed by atoms with van der Waals surface area (Å²) in [6.07, 6.45) is 4.64. The molecule has 0 aliphatic carbocycles. The average molecular weight is 495 g/mol. The molecule has 0 radical (unpaired) electrons. The van der Waals surface area contributed by atoms with Gasteiger partial charge in [0.1, 0.15) is 8.64 Å². The molecular weight excluding hydrogens is 464 g/mol. The maximum Gasteiger partial charge on any atom is 0.304 e. The summed E-state index contributed by atoms with van der Waals surface area (Å²) in [5.41, 5.74) is 0. The number of hydrogen-bond acceptors (Lipinski definition) is 8. The number of carboxylic acid groups (broad SMARTS) is 2. The third-order valence-electron chi connectivity index (χ3n) is 4.89. The number of unbranched alkanes of at least 4 members (excludes halogenated alkanes) is 3.